The molecule has 0 aliphatic rings. The lowest BCUT2D eigenvalue weighted by atomic mass is 10.5. The van der Waals surface area contributed by atoms with Crippen molar-refractivity contribution < 1.29 is 19.2 Å². The first-order valence-corrected chi connectivity index (χ1v) is 12.2. The summed E-state index contributed by atoms with van der Waals surface area (Å²) in [6.07, 6.45) is 13.0. The third-order valence-corrected chi connectivity index (χ3v) is 5.49. The van der Waals surface area contributed by atoms with Crippen LogP contribution in [0.4, 0.5) is 0 Å². The quantitative estimate of drug-likeness (QED) is 0.173. The zero-order valence-electron chi connectivity index (χ0n) is 22.7. The maximum atomic E-state index is 11.7. The summed E-state index contributed by atoms with van der Waals surface area (Å²) in [6.45, 7) is 1.29. The highest BCUT2D eigenvalue weighted by molar-refractivity contribution is 5.92. The molecule has 4 amide bonds. The Morgan fingerprint density at radius 3 is 0.825 bits per heavy atom. The van der Waals surface area contributed by atoms with Crippen LogP contribution in [0.25, 0.3) is 0 Å². The molecule has 0 unspecified atom stereocenters. The molecule has 4 aromatic rings. The van der Waals surface area contributed by atoms with Crippen LogP contribution in [0, 0.1) is 0 Å². The lowest BCUT2D eigenvalue weighted by Gasteiger charge is -2.07. The summed E-state index contributed by atoms with van der Waals surface area (Å²) in [5.41, 5.74) is 0. The zero-order chi connectivity index (χ0) is 29.1. The fourth-order valence-electron chi connectivity index (χ4n) is 3.36. The van der Waals surface area contributed by atoms with Crippen molar-refractivity contribution in [1.82, 2.24) is 59.5 Å². The molecule has 0 spiro atoms. The molecule has 0 aliphatic carbocycles. The zero-order valence-corrected chi connectivity index (χ0v) is 22.7. The first-order chi connectivity index (χ1) is 19.2. The molecule has 4 rings (SSSR count). The molecule has 40 heavy (non-hydrogen) atoms. The van der Waals surface area contributed by atoms with E-state index in [1.165, 1.54) is 0 Å². The Kier molecular flexibility index (Phi) is 10.3. The molecular weight excluding hydrogens is 520 g/mol. The summed E-state index contributed by atoms with van der Waals surface area (Å²) in [6, 6.07) is 0. The molecule has 16 heteroatoms. The molecule has 4 N–H and O–H groups in total. The van der Waals surface area contributed by atoms with Crippen LogP contribution in [0.3, 0.4) is 0 Å². The summed E-state index contributed by atoms with van der Waals surface area (Å²) < 4.78 is 6.51. The average molecular weight is 553 g/mol. The van der Waals surface area contributed by atoms with E-state index in [-0.39, 0.29) is 23.6 Å². The van der Waals surface area contributed by atoms with E-state index in [1.807, 2.05) is 0 Å². The van der Waals surface area contributed by atoms with Gasteiger partial charge in [-0.05, 0) is 0 Å². The van der Waals surface area contributed by atoms with Gasteiger partial charge in [-0.1, -0.05) is 0 Å². The minimum absolute atomic E-state index is 0.274. The van der Waals surface area contributed by atoms with Gasteiger partial charge in [-0.25, -0.2) is 19.9 Å². The fourth-order valence-corrected chi connectivity index (χ4v) is 3.36. The highest BCUT2D eigenvalue weighted by atomic mass is 16.2. The van der Waals surface area contributed by atoms with Crippen LogP contribution in [-0.2, 0) is 28.2 Å². The summed E-state index contributed by atoms with van der Waals surface area (Å²) in [5, 5.41) is 10.7. The van der Waals surface area contributed by atoms with E-state index in [9.17, 15) is 19.2 Å². The second-order valence-electron chi connectivity index (χ2n) is 8.47. The van der Waals surface area contributed by atoms with Gasteiger partial charge in [-0.3, -0.25) is 19.2 Å². The highest BCUT2D eigenvalue weighted by Gasteiger charge is 2.13. The first-order valence-electron chi connectivity index (χ1n) is 12.2. The maximum absolute atomic E-state index is 11.7. The minimum Gasteiger partial charge on any atom is -0.348 e. The van der Waals surface area contributed by atoms with Crippen molar-refractivity contribution in [2.75, 3.05) is 26.2 Å². The standard InChI is InChI=1S/2C12H16N6O2/c2*1-17-7-5-13-9(17)11(19)15-3-4-16-12(20)10-14-6-8-18(10)2/h2*5-8H,3-4H2,1-2H3,(H,15,19)(H,16,20). The van der Waals surface area contributed by atoms with Crippen molar-refractivity contribution >= 4 is 23.6 Å². The lowest BCUT2D eigenvalue weighted by molar-refractivity contribution is 0.0914. The van der Waals surface area contributed by atoms with Crippen molar-refractivity contribution in [3.63, 3.8) is 0 Å². The first kappa shape index (κ1) is 29.3. The van der Waals surface area contributed by atoms with E-state index in [1.54, 1.807) is 96.0 Å². The molecule has 0 fully saturated rings. The van der Waals surface area contributed by atoms with Gasteiger partial charge >= 0.3 is 0 Å². The number of carbonyl (C=O) groups is 4. The van der Waals surface area contributed by atoms with E-state index >= 15 is 0 Å². The summed E-state index contributed by atoms with van der Waals surface area (Å²) in [7, 11) is 6.96. The van der Waals surface area contributed by atoms with Gasteiger partial charge in [-0.15, -0.1) is 0 Å². The summed E-state index contributed by atoms with van der Waals surface area (Å²) in [4.78, 5) is 62.6. The number of carbonyl (C=O) groups excluding carboxylic acids is 4. The number of nitrogens with zero attached hydrogens (tertiary/aromatic N) is 8. The van der Waals surface area contributed by atoms with E-state index in [2.05, 4.69) is 41.2 Å². The number of hydrogen-bond donors (Lipinski definition) is 4. The molecule has 0 radical (unpaired) electrons. The Bertz CT molecular complexity index is 1230. The van der Waals surface area contributed by atoms with Crippen LogP contribution in [0.5, 0.6) is 0 Å². The van der Waals surface area contributed by atoms with Gasteiger partial charge in [0.15, 0.2) is 23.3 Å². The molecule has 4 heterocycles. The Morgan fingerprint density at radius 2 is 0.675 bits per heavy atom. The van der Waals surface area contributed by atoms with E-state index in [0.29, 0.717) is 49.5 Å². The Balaban J connectivity index is 0.000000220. The second-order valence-corrected chi connectivity index (χ2v) is 8.47. The largest absolute Gasteiger partial charge is 0.348 e. The average Bonchev–Trinajstić information content (AvgIpc) is 3.73. The van der Waals surface area contributed by atoms with Crippen molar-refractivity contribution in [2.24, 2.45) is 28.2 Å². The highest BCUT2D eigenvalue weighted by Crippen LogP contribution is 1.96. The van der Waals surface area contributed by atoms with Gasteiger partial charge in [-0.2, -0.15) is 0 Å². The third-order valence-electron chi connectivity index (χ3n) is 5.49. The fraction of sp³-hybridized carbons (Fsp3) is 0.333. The number of aromatic nitrogens is 8. The second kappa shape index (κ2) is 14.0. The number of amides is 4. The predicted molar refractivity (Wildman–Crippen MR) is 142 cm³/mol. The van der Waals surface area contributed by atoms with Gasteiger partial charge in [0.25, 0.3) is 23.6 Å². The molecule has 4 aromatic heterocycles. The van der Waals surface area contributed by atoms with Gasteiger partial charge in [0.2, 0.25) is 0 Å². The molecule has 212 valence electrons. The number of aryl methyl sites for hydroxylation is 4. The van der Waals surface area contributed by atoms with Crippen LogP contribution in [0.15, 0.2) is 49.6 Å². The Hall–Kier alpha value is -5.28. The van der Waals surface area contributed by atoms with Crippen molar-refractivity contribution in [3.8, 4) is 0 Å². The minimum atomic E-state index is -0.274. The van der Waals surface area contributed by atoms with Crippen LogP contribution in [0.1, 0.15) is 42.5 Å². The predicted octanol–water partition coefficient (Wildman–Crippen LogP) is -1.37. The van der Waals surface area contributed by atoms with E-state index in [4.69, 9.17) is 0 Å². The smallest absolute Gasteiger partial charge is 0.287 e. The van der Waals surface area contributed by atoms with Gasteiger partial charge in [0, 0.05) is 104 Å². The van der Waals surface area contributed by atoms with Crippen LogP contribution < -0.4 is 21.3 Å². The van der Waals surface area contributed by atoms with Gasteiger partial charge < -0.3 is 39.5 Å². The van der Waals surface area contributed by atoms with Crippen molar-refractivity contribution in [2.45, 2.75) is 0 Å². The number of nitrogens with one attached hydrogen (secondary N) is 4. The lowest BCUT2D eigenvalue weighted by Crippen LogP contribution is -2.36. The molecule has 16 nitrogen and oxygen atoms in total. The third kappa shape index (κ3) is 7.86. The molecule has 0 saturated carbocycles. The molecular formula is C24H32N12O4. The van der Waals surface area contributed by atoms with Crippen LogP contribution >= 0.6 is 0 Å². The summed E-state index contributed by atoms with van der Waals surface area (Å²) >= 11 is 0. The van der Waals surface area contributed by atoms with Crippen LogP contribution in [0.2, 0.25) is 0 Å². The topological polar surface area (TPSA) is 188 Å². The molecule has 0 bridgehead atoms. The SMILES string of the molecule is Cn1ccnc1C(=O)NCCNC(=O)c1nccn1C.Cn1ccnc1C(=O)NCCNC(=O)c1nccn1C. The van der Waals surface area contributed by atoms with Gasteiger partial charge in [0.05, 0.1) is 0 Å². The van der Waals surface area contributed by atoms with E-state index in [0.717, 1.165) is 0 Å². The molecule has 0 aromatic carbocycles. The maximum Gasteiger partial charge on any atom is 0.287 e. The Morgan fingerprint density at radius 1 is 0.475 bits per heavy atom. The van der Waals surface area contributed by atoms with Crippen molar-refractivity contribution in [3.05, 3.63) is 72.9 Å². The normalized spacial score (nSPS) is 10.3. The molecule has 0 atom stereocenters. The molecule has 0 aliphatic heterocycles. The summed E-state index contributed by atoms with van der Waals surface area (Å²) in [5.74, 6) is 0.238. The number of rotatable bonds is 10. The Labute approximate surface area is 229 Å². The van der Waals surface area contributed by atoms with E-state index < -0.39 is 0 Å². The van der Waals surface area contributed by atoms with Crippen LogP contribution in [-0.4, -0.2) is 88.0 Å². The number of hydrogen-bond acceptors (Lipinski definition) is 8. The molecule has 0 saturated heterocycles. The number of imidazole rings is 4. The van der Waals surface area contributed by atoms with Gasteiger partial charge in [0.1, 0.15) is 0 Å². The monoisotopic (exact) mass is 552 g/mol. The van der Waals surface area contributed by atoms with Crippen molar-refractivity contribution in [1.29, 1.82) is 0 Å².